The van der Waals surface area contributed by atoms with Crippen LogP contribution in [0, 0.1) is 5.41 Å². The molecule has 2 aromatic rings. The van der Waals surface area contributed by atoms with Gasteiger partial charge in [-0.2, -0.15) is 0 Å². The molecule has 0 bridgehead atoms. The van der Waals surface area contributed by atoms with Crippen LogP contribution in [0.1, 0.15) is 20.1 Å². The predicted octanol–water partition coefficient (Wildman–Crippen LogP) is -1.75. The zero-order chi connectivity index (χ0) is 18.4. The summed E-state index contributed by atoms with van der Waals surface area (Å²) in [6.07, 6.45) is -2.25. The van der Waals surface area contributed by atoms with Gasteiger partial charge < -0.3 is 30.9 Å². The smallest absolute Gasteiger partial charge is 0.335 e. The first-order valence-electron chi connectivity index (χ1n) is 7.53. The number of nitrogen functional groups attached to an aromatic ring is 1. The Labute approximate surface area is 140 Å². The van der Waals surface area contributed by atoms with Crippen molar-refractivity contribution >= 4 is 23.0 Å². The first-order chi connectivity index (χ1) is 11.6. The van der Waals surface area contributed by atoms with Crippen LogP contribution in [0.25, 0.3) is 11.2 Å². The van der Waals surface area contributed by atoms with Gasteiger partial charge in [0.2, 0.25) is 0 Å². The standard InChI is InChI=1S/C14H17N5O6/c1-12(2)13(23)7(6(20)10(21)22)25-11(14(12,13)24)19-4-18-5-8(15)16-3-17-9(5)19/h3-4,6-7,11,20,23-24H,1-2H3,(H,21,22)(H2,15,16,17)/t6?,7-,11-,13+,14-/m1/s1. The van der Waals surface area contributed by atoms with Crippen LogP contribution in [-0.2, 0) is 9.53 Å². The molecule has 0 amide bonds. The van der Waals surface area contributed by atoms with E-state index in [-0.39, 0.29) is 17.0 Å². The van der Waals surface area contributed by atoms with E-state index < -0.39 is 41.0 Å². The van der Waals surface area contributed by atoms with E-state index in [2.05, 4.69) is 15.0 Å². The third kappa shape index (κ3) is 1.54. The maximum Gasteiger partial charge on any atom is 0.335 e. The van der Waals surface area contributed by atoms with Crippen LogP contribution in [0.2, 0.25) is 0 Å². The SMILES string of the molecule is CC1(C)[C@]2(O)[C@H](n3cnc4c(N)ncnc43)O[C@H](C(O)C(=O)O)[C@]12O. The topological polar surface area (TPSA) is 177 Å². The highest BCUT2D eigenvalue weighted by Gasteiger charge is 2.93. The van der Waals surface area contributed by atoms with E-state index in [1.807, 2.05) is 0 Å². The van der Waals surface area contributed by atoms with Gasteiger partial charge in [0.05, 0.1) is 6.33 Å². The van der Waals surface area contributed by atoms with Gasteiger partial charge in [-0.25, -0.2) is 19.7 Å². The van der Waals surface area contributed by atoms with Gasteiger partial charge in [0.15, 0.2) is 23.8 Å². The minimum atomic E-state index is -2.02. The summed E-state index contributed by atoms with van der Waals surface area (Å²) < 4.78 is 6.92. The van der Waals surface area contributed by atoms with Crippen LogP contribution < -0.4 is 5.73 Å². The van der Waals surface area contributed by atoms with E-state index in [1.54, 1.807) is 13.8 Å². The largest absolute Gasteiger partial charge is 0.479 e. The van der Waals surface area contributed by atoms with Crippen molar-refractivity contribution in [3.05, 3.63) is 12.7 Å². The molecule has 1 saturated carbocycles. The Balaban J connectivity index is 1.86. The van der Waals surface area contributed by atoms with Crippen LogP contribution in [-0.4, -0.2) is 69.3 Å². The maximum atomic E-state index is 11.2. The van der Waals surface area contributed by atoms with E-state index in [9.17, 15) is 20.1 Å². The van der Waals surface area contributed by atoms with Gasteiger partial charge in [-0.05, 0) is 0 Å². The number of aliphatic hydroxyl groups excluding tert-OH is 1. The summed E-state index contributed by atoms with van der Waals surface area (Å²) in [5.41, 5.74) is 1.32. The van der Waals surface area contributed by atoms with Crippen molar-refractivity contribution in [1.29, 1.82) is 0 Å². The molecular formula is C14H17N5O6. The second kappa shape index (κ2) is 4.43. The first kappa shape index (κ1) is 16.1. The average molecular weight is 351 g/mol. The molecule has 1 aliphatic heterocycles. The number of carbonyl (C=O) groups is 1. The van der Waals surface area contributed by atoms with Crippen molar-refractivity contribution in [3.63, 3.8) is 0 Å². The van der Waals surface area contributed by atoms with Gasteiger partial charge in [0.25, 0.3) is 0 Å². The molecule has 2 fully saturated rings. The van der Waals surface area contributed by atoms with Crippen LogP contribution in [0.4, 0.5) is 5.82 Å². The molecule has 0 aromatic carbocycles. The van der Waals surface area contributed by atoms with Gasteiger partial charge in [0, 0.05) is 5.41 Å². The number of anilines is 1. The van der Waals surface area contributed by atoms with E-state index in [0.29, 0.717) is 0 Å². The lowest BCUT2D eigenvalue weighted by Gasteiger charge is -2.28. The van der Waals surface area contributed by atoms with E-state index >= 15 is 0 Å². The lowest BCUT2D eigenvalue weighted by molar-refractivity contribution is -0.174. The van der Waals surface area contributed by atoms with Crippen molar-refractivity contribution < 1.29 is 30.0 Å². The van der Waals surface area contributed by atoms with Gasteiger partial charge >= 0.3 is 5.97 Å². The highest BCUT2D eigenvalue weighted by Crippen LogP contribution is 2.75. The zero-order valence-electron chi connectivity index (χ0n) is 13.4. The Hall–Kier alpha value is -2.34. The molecule has 1 unspecified atom stereocenters. The number of ether oxygens (including phenoxy) is 1. The summed E-state index contributed by atoms with van der Waals surface area (Å²) in [5.74, 6) is -1.44. The van der Waals surface area contributed by atoms with Gasteiger partial charge in [0.1, 0.15) is 29.2 Å². The summed E-state index contributed by atoms with van der Waals surface area (Å²) in [4.78, 5) is 23.1. The molecule has 2 aromatic heterocycles. The lowest BCUT2D eigenvalue weighted by Crippen LogP contribution is -2.46. The minimum absolute atomic E-state index is 0.126. The molecule has 3 heterocycles. The third-order valence-corrected chi connectivity index (χ3v) is 5.65. The molecular weight excluding hydrogens is 334 g/mol. The van der Waals surface area contributed by atoms with Crippen LogP contribution >= 0.6 is 0 Å². The Morgan fingerprint density at radius 2 is 2.00 bits per heavy atom. The summed E-state index contributed by atoms with van der Waals surface area (Å²) in [5, 5.41) is 41.1. The number of nitrogens with zero attached hydrogens (tertiary/aromatic N) is 4. The minimum Gasteiger partial charge on any atom is -0.479 e. The molecule has 0 spiro atoms. The number of aromatic nitrogens is 4. The normalized spacial score (nSPS) is 37.0. The van der Waals surface area contributed by atoms with E-state index in [1.165, 1.54) is 17.2 Å². The van der Waals surface area contributed by atoms with Crippen molar-refractivity contribution in [1.82, 2.24) is 19.5 Å². The summed E-state index contributed by atoms with van der Waals surface area (Å²) >= 11 is 0. The van der Waals surface area contributed by atoms with Crippen LogP contribution in [0.3, 0.4) is 0 Å². The van der Waals surface area contributed by atoms with Crippen LogP contribution in [0.15, 0.2) is 12.7 Å². The number of carboxylic acid groups (broad SMARTS) is 1. The fourth-order valence-corrected chi connectivity index (χ4v) is 4.04. The summed E-state index contributed by atoms with van der Waals surface area (Å²) in [7, 11) is 0. The molecule has 1 aliphatic carbocycles. The fraction of sp³-hybridized carbons (Fsp3) is 0.571. The van der Waals surface area contributed by atoms with Crippen molar-refractivity contribution in [2.45, 2.75) is 43.5 Å². The van der Waals surface area contributed by atoms with Crippen molar-refractivity contribution in [3.8, 4) is 0 Å². The Morgan fingerprint density at radius 1 is 1.32 bits per heavy atom. The van der Waals surface area contributed by atoms with E-state index in [0.717, 1.165) is 0 Å². The number of imidazole rings is 1. The third-order valence-electron chi connectivity index (χ3n) is 5.65. The number of aliphatic carboxylic acids is 1. The maximum absolute atomic E-state index is 11.2. The van der Waals surface area contributed by atoms with E-state index in [4.69, 9.17) is 15.6 Å². The summed E-state index contributed by atoms with van der Waals surface area (Å²) in [6, 6.07) is 0. The lowest BCUT2D eigenvalue weighted by atomic mass is 9.97. The molecule has 134 valence electrons. The number of hydrogen-bond acceptors (Lipinski definition) is 9. The monoisotopic (exact) mass is 351 g/mol. The second-order valence-corrected chi connectivity index (χ2v) is 6.93. The highest BCUT2D eigenvalue weighted by atomic mass is 16.6. The molecule has 6 N–H and O–H groups in total. The number of fused-ring (bicyclic) bond motifs is 2. The predicted molar refractivity (Wildman–Crippen MR) is 81.0 cm³/mol. The number of nitrogens with two attached hydrogens (primary N) is 1. The molecule has 11 nitrogen and oxygen atoms in total. The molecule has 0 radical (unpaired) electrons. The quantitative estimate of drug-likeness (QED) is 0.426. The van der Waals surface area contributed by atoms with Crippen molar-refractivity contribution in [2.24, 2.45) is 5.41 Å². The number of hydrogen-bond donors (Lipinski definition) is 5. The van der Waals surface area contributed by atoms with Crippen molar-refractivity contribution in [2.75, 3.05) is 5.73 Å². The van der Waals surface area contributed by atoms with Gasteiger partial charge in [-0.1, -0.05) is 13.8 Å². The Bertz CT molecular complexity index is 899. The fourth-order valence-electron chi connectivity index (χ4n) is 4.04. The molecule has 5 atom stereocenters. The number of rotatable bonds is 3. The highest BCUT2D eigenvalue weighted by molar-refractivity contribution is 5.81. The molecule has 2 aliphatic rings. The zero-order valence-corrected chi connectivity index (χ0v) is 13.4. The Morgan fingerprint density at radius 3 is 2.64 bits per heavy atom. The Kier molecular flexibility index (Phi) is 2.86. The van der Waals surface area contributed by atoms with Gasteiger partial charge in [-0.3, -0.25) is 4.57 Å². The van der Waals surface area contributed by atoms with Gasteiger partial charge in [-0.15, -0.1) is 0 Å². The molecule has 4 rings (SSSR count). The number of carboxylic acids is 1. The second-order valence-electron chi connectivity index (χ2n) is 6.93. The first-order valence-corrected chi connectivity index (χ1v) is 7.53. The van der Waals surface area contributed by atoms with Crippen LogP contribution in [0.5, 0.6) is 0 Å². The summed E-state index contributed by atoms with van der Waals surface area (Å²) in [6.45, 7) is 3.12. The molecule has 11 heteroatoms. The molecule has 1 saturated heterocycles. The number of aliphatic hydroxyl groups is 3. The molecule has 25 heavy (non-hydrogen) atoms. The average Bonchev–Trinajstić information content (AvgIpc) is 2.93.